The van der Waals surface area contributed by atoms with Crippen LogP contribution < -0.4 is 5.43 Å². The third kappa shape index (κ3) is 1.91. The first-order valence-corrected chi connectivity index (χ1v) is 8.08. The van der Waals surface area contributed by atoms with E-state index >= 15 is 0 Å². The van der Waals surface area contributed by atoms with Crippen LogP contribution in [0.25, 0.3) is 0 Å². The number of benzene rings is 1. The first kappa shape index (κ1) is 14.4. The summed E-state index contributed by atoms with van der Waals surface area (Å²) in [5.74, 6) is -0.633. The van der Waals surface area contributed by atoms with Gasteiger partial charge in [0.25, 0.3) is 11.8 Å². The van der Waals surface area contributed by atoms with Crippen LogP contribution in [-0.4, -0.2) is 16.8 Å². The molecule has 1 aromatic rings. The van der Waals surface area contributed by atoms with Crippen LogP contribution in [-0.2, 0) is 9.59 Å². The Labute approximate surface area is 142 Å². The topological polar surface area (TPSA) is 49.4 Å². The van der Waals surface area contributed by atoms with Crippen molar-refractivity contribution < 1.29 is 9.59 Å². The SMILES string of the molecule is O=C1[C@H]2[C@H](C(=O)N1Nc1c(Cl)cc(Cl)cc1Cl)[C@H]1C=C[C@H]2C1. The molecule has 2 aliphatic carbocycles. The third-order valence-electron chi connectivity index (χ3n) is 4.70. The molecule has 114 valence electrons. The molecule has 0 radical (unpaired) electrons. The van der Waals surface area contributed by atoms with Crippen LogP contribution in [0.1, 0.15) is 6.42 Å². The van der Waals surface area contributed by atoms with Crippen LogP contribution in [0.4, 0.5) is 5.69 Å². The lowest BCUT2D eigenvalue weighted by Crippen LogP contribution is -2.38. The Morgan fingerprint density at radius 3 is 1.95 bits per heavy atom. The minimum Gasteiger partial charge on any atom is -0.286 e. The molecule has 1 saturated heterocycles. The molecule has 1 aromatic carbocycles. The van der Waals surface area contributed by atoms with Gasteiger partial charge in [-0.05, 0) is 30.4 Å². The van der Waals surface area contributed by atoms with Gasteiger partial charge in [0, 0.05) is 5.02 Å². The molecule has 2 fully saturated rings. The number of rotatable bonds is 2. The molecule has 1 heterocycles. The van der Waals surface area contributed by atoms with Gasteiger partial charge in [-0.1, -0.05) is 47.0 Å². The van der Waals surface area contributed by atoms with Gasteiger partial charge >= 0.3 is 0 Å². The van der Waals surface area contributed by atoms with Gasteiger partial charge in [0.15, 0.2) is 0 Å². The number of allylic oxidation sites excluding steroid dienone is 2. The van der Waals surface area contributed by atoms with Gasteiger partial charge < -0.3 is 0 Å². The summed E-state index contributed by atoms with van der Waals surface area (Å²) in [6.07, 6.45) is 4.98. The van der Waals surface area contributed by atoms with E-state index in [4.69, 9.17) is 34.8 Å². The van der Waals surface area contributed by atoms with Crippen molar-refractivity contribution in [1.82, 2.24) is 5.01 Å². The summed E-state index contributed by atoms with van der Waals surface area (Å²) in [6, 6.07) is 3.02. The van der Waals surface area contributed by atoms with Crippen molar-refractivity contribution in [1.29, 1.82) is 0 Å². The van der Waals surface area contributed by atoms with Crippen molar-refractivity contribution in [2.24, 2.45) is 23.7 Å². The molecule has 3 aliphatic rings. The van der Waals surface area contributed by atoms with E-state index in [-0.39, 0.29) is 45.5 Å². The Hall–Kier alpha value is -1.23. The first-order valence-electron chi connectivity index (χ1n) is 6.94. The van der Waals surface area contributed by atoms with Gasteiger partial charge in [0.1, 0.15) is 0 Å². The summed E-state index contributed by atoms with van der Waals surface area (Å²) in [7, 11) is 0. The molecule has 2 bridgehead atoms. The Kier molecular flexibility index (Phi) is 3.19. The van der Waals surface area contributed by atoms with Gasteiger partial charge in [0.05, 0.1) is 27.6 Å². The number of nitrogens with one attached hydrogen (secondary N) is 1. The summed E-state index contributed by atoms with van der Waals surface area (Å²) in [6.45, 7) is 0. The molecule has 4 rings (SSSR count). The number of fused-ring (bicyclic) bond motifs is 5. The van der Waals surface area contributed by atoms with E-state index in [0.29, 0.717) is 10.7 Å². The van der Waals surface area contributed by atoms with Gasteiger partial charge in [-0.3, -0.25) is 15.0 Å². The van der Waals surface area contributed by atoms with Crippen molar-refractivity contribution in [3.8, 4) is 0 Å². The van der Waals surface area contributed by atoms with E-state index in [2.05, 4.69) is 5.43 Å². The Bertz CT molecular complexity index is 680. The fourth-order valence-corrected chi connectivity index (χ4v) is 4.67. The zero-order valence-corrected chi connectivity index (χ0v) is 13.5. The van der Waals surface area contributed by atoms with Crippen molar-refractivity contribution in [3.63, 3.8) is 0 Å². The predicted molar refractivity (Wildman–Crippen MR) is 84.7 cm³/mol. The predicted octanol–water partition coefficient (Wildman–Crippen LogP) is 3.78. The molecule has 1 N–H and O–H groups in total. The number of amides is 2. The van der Waals surface area contributed by atoms with Gasteiger partial charge in [0.2, 0.25) is 0 Å². The molecule has 0 aromatic heterocycles. The molecule has 1 saturated carbocycles. The fourth-order valence-electron chi connectivity index (χ4n) is 3.77. The Morgan fingerprint density at radius 1 is 0.955 bits per heavy atom. The summed E-state index contributed by atoms with van der Waals surface area (Å²) in [5.41, 5.74) is 3.10. The number of hydrogen-bond donors (Lipinski definition) is 1. The first-order chi connectivity index (χ1) is 10.5. The minimum atomic E-state index is -0.264. The van der Waals surface area contributed by atoms with Crippen LogP contribution in [0.2, 0.25) is 15.1 Å². The van der Waals surface area contributed by atoms with E-state index in [0.717, 1.165) is 11.4 Å². The second-order valence-electron chi connectivity index (χ2n) is 5.87. The summed E-state index contributed by atoms with van der Waals surface area (Å²) < 4.78 is 0. The number of hydrazine groups is 1. The quantitative estimate of drug-likeness (QED) is 0.647. The van der Waals surface area contributed by atoms with E-state index < -0.39 is 0 Å². The minimum absolute atomic E-state index is 0.161. The highest BCUT2D eigenvalue weighted by Crippen LogP contribution is 2.52. The van der Waals surface area contributed by atoms with Crippen molar-refractivity contribution in [2.45, 2.75) is 6.42 Å². The van der Waals surface area contributed by atoms with Crippen LogP contribution in [0.5, 0.6) is 0 Å². The third-order valence-corrected chi connectivity index (χ3v) is 5.52. The molecule has 22 heavy (non-hydrogen) atoms. The molecule has 1 aliphatic heterocycles. The molecule has 4 atom stereocenters. The Balaban J connectivity index is 1.66. The van der Waals surface area contributed by atoms with Crippen LogP contribution in [0, 0.1) is 23.7 Å². The second kappa shape index (κ2) is 4.88. The second-order valence-corrected chi connectivity index (χ2v) is 7.12. The lowest BCUT2D eigenvalue weighted by Gasteiger charge is -2.20. The molecule has 7 heteroatoms. The van der Waals surface area contributed by atoms with Gasteiger partial charge in [-0.2, -0.15) is 5.01 Å². The highest BCUT2D eigenvalue weighted by molar-refractivity contribution is 6.41. The molecule has 4 nitrogen and oxygen atoms in total. The number of halogens is 3. The lowest BCUT2D eigenvalue weighted by atomic mass is 9.85. The number of carbonyl (C=O) groups is 2. The zero-order chi connectivity index (χ0) is 15.6. The summed E-state index contributed by atoms with van der Waals surface area (Å²) >= 11 is 18.1. The van der Waals surface area contributed by atoms with Crippen LogP contribution in [0.3, 0.4) is 0 Å². The van der Waals surface area contributed by atoms with Crippen LogP contribution in [0.15, 0.2) is 24.3 Å². The highest BCUT2D eigenvalue weighted by Gasteiger charge is 2.59. The molecular weight excluding hydrogens is 347 g/mol. The fraction of sp³-hybridized carbons (Fsp3) is 0.333. The van der Waals surface area contributed by atoms with E-state index in [9.17, 15) is 9.59 Å². The maximum atomic E-state index is 12.6. The maximum absolute atomic E-state index is 12.6. The number of nitrogens with zero attached hydrogens (tertiary/aromatic N) is 1. The van der Waals surface area contributed by atoms with Gasteiger partial charge in [-0.15, -0.1) is 0 Å². The molecular formula is C15H11Cl3N2O2. The van der Waals surface area contributed by atoms with Crippen molar-refractivity contribution in [2.75, 3.05) is 5.43 Å². The smallest absolute Gasteiger partial charge is 0.252 e. The van der Waals surface area contributed by atoms with E-state index in [1.165, 1.54) is 12.1 Å². The van der Waals surface area contributed by atoms with Crippen molar-refractivity contribution >= 4 is 52.3 Å². The zero-order valence-electron chi connectivity index (χ0n) is 11.2. The molecule has 0 unspecified atom stereocenters. The summed E-state index contributed by atoms with van der Waals surface area (Å²) in [5, 5.41) is 1.97. The van der Waals surface area contributed by atoms with E-state index in [1.54, 1.807) is 0 Å². The highest BCUT2D eigenvalue weighted by atomic mass is 35.5. The average molecular weight is 358 g/mol. The van der Waals surface area contributed by atoms with E-state index in [1.807, 2.05) is 12.2 Å². The maximum Gasteiger partial charge on any atom is 0.252 e. The normalized spacial score (nSPS) is 32.0. The summed E-state index contributed by atoms with van der Waals surface area (Å²) in [4.78, 5) is 25.2. The largest absolute Gasteiger partial charge is 0.286 e. The number of imide groups is 1. The number of anilines is 1. The number of carbonyl (C=O) groups excluding carboxylic acids is 2. The standard InChI is InChI=1S/C15H11Cl3N2O2/c16-8-4-9(17)13(10(18)5-8)19-20-14(21)11-6-1-2-7(3-6)12(11)15(20)22/h1-2,4-7,11-12,19H,3H2/t6-,7-,11+,12+/m0/s1. The monoisotopic (exact) mass is 356 g/mol. The average Bonchev–Trinajstić information content (AvgIpc) is 3.10. The van der Waals surface area contributed by atoms with Crippen LogP contribution >= 0.6 is 34.8 Å². The van der Waals surface area contributed by atoms with Gasteiger partial charge in [-0.25, -0.2) is 0 Å². The van der Waals surface area contributed by atoms with Crippen molar-refractivity contribution in [3.05, 3.63) is 39.4 Å². The molecule has 0 spiro atoms. The number of hydrogen-bond acceptors (Lipinski definition) is 3. The molecule has 2 amide bonds. The Morgan fingerprint density at radius 2 is 1.45 bits per heavy atom. The lowest BCUT2D eigenvalue weighted by molar-refractivity contribution is -0.139.